The zero-order valence-electron chi connectivity index (χ0n) is 11.7. The summed E-state index contributed by atoms with van der Waals surface area (Å²) in [5.74, 6) is 0.900. The molecule has 0 aliphatic carbocycles. The van der Waals surface area contributed by atoms with Gasteiger partial charge in [0.2, 0.25) is 6.72 Å². The van der Waals surface area contributed by atoms with E-state index in [-0.39, 0.29) is 29.6 Å². The van der Waals surface area contributed by atoms with Crippen molar-refractivity contribution in [2.24, 2.45) is 0 Å². The van der Waals surface area contributed by atoms with Gasteiger partial charge in [-0.3, -0.25) is 0 Å². The van der Waals surface area contributed by atoms with E-state index in [4.69, 9.17) is 20.9 Å². The van der Waals surface area contributed by atoms with Crippen molar-refractivity contribution in [3.63, 3.8) is 0 Å². The molecule has 0 atom stereocenters. The van der Waals surface area contributed by atoms with Gasteiger partial charge in [0.15, 0.2) is 0 Å². The van der Waals surface area contributed by atoms with Crippen molar-refractivity contribution in [1.82, 2.24) is 0 Å². The van der Waals surface area contributed by atoms with Crippen LogP contribution in [0.4, 0.5) is 0 Å². The van der Waals surface area contributed by atoms with Gasteiger partial charge in [0.1, 0.15) is 11.5 Å². The van der Waals surface area contributed by atoms with Crippen LogP contribution in [0.3, 0.4) is 0 Å². The van der Waals surface area contributed by atoms with Gasteiger partial charge in [-0.05, 0) is 61.0 Å². The number of aryl methyl sites for hydroxylation is 2. The zero-order chi connectivity index (χ0) is 13.9. The Hall–Kier alpha value is -0.350. The molecule has 0 radical (unpaired) electrons. The van der Waals surface area contributed by atoms with Crippen molar-refractivity contribution >= 4 is 18.5 Å². The van der Waals surface area contributed by atoms with E-state index in [0.717, 1.165) is 11.1 Å². The topological polar surface area (TPSA) is 41.5 Å². The minimum atomic E-state index is -3.59. The molecule has 2 aromatic carbocycles. The Kier molecular flexibility index (Phi) is 6.73. The molecule has 2 rings (SSSR count). The van der Waals surface area contributed by atoms with Crippen molar-refractivity contribution in [1.29, 1.82) is 0 Å². The Morgan fingerprint density at radius 2 is 1.30 bits per heavy atom. The maximum absolute atomic E-state index is 12.1. The van der Waals surface area contributed by atoms with Gasteiger partial charge >= 0.3 is 29.6 Å². The summed E-state index contributed by atoms with van der Waals surface area (Å²) in [5, 5.41) is 0. The van der Waals surface area contributed by atoms with Crippen LogP contribution in [-0.2, 0) is 11.8 Å². The van der Waals surface area contributed by atoms with E-state index in [1.807, 2.05) is 38.1 Å². The average Bonchev–Trinajstić information content (AvgIpc) is 2.27. The van der Waals surface area contributed by atoms with E-state index >= 15 is 0 Å². The Morgan fingerprint density at radius 1 is 0.900 bits per heavy atom. The molecule has 0 aliphatic rings. The molecule has 0 spiro atoms. The summed E-state index contributed by atoms with van der Waals surface area (Å²) < 4.78 is 10.5. The third-order valence-corrected chi connectivity index (χ3v) is 3.73. The Bertz CT molecular complexity index is 582. The van der Waals surface area contributed by atoms with E-state index in [2.05, 4.69) is 0 Å². The van der Waals surface area contributed by atoms with Crippen LogP contribution in [0.25, 0.3) is 0 Å². The van der Waals surface area contributed by atoms with Gasteiger partial charge in [0.25, 0.3) is 0 Å². The molecule has 0 bridgehead atoms. The second kappa shape index (κ2) is 7.60. The maximum atomic E-state index is 12.1. The Balaban J connectivity index is 0.00000200. The van der Waals surface area contributed by atoms with E-state index < -0.39 is 6.72 Å². The molecule has 0 amide bonds. The fraction of sp³-hybridized carbons (Fsp3) is 0.143. The summed E-state index contributed by atoms with van der Waals surface area (Å²) in [7, 11) is 0. The van der Waals surface area contributed by atoms with Gasteiger partial charge < -0.3 is 13.9 Å². The van der Waals surface area contributed by atoms with Crippen LogP contribution >= 0.6 is 6.72 Å². The molecule has 0 saturated carbocycles. The minimum Gasteiger partial charge on any atom is -0.760 e. The fourth-order valence-electron chi connectivity index (χ4n) is 1.62. The van der Waals surface area contributed by atoms with Crippen LogP contribution in [0.2, 0.25) is 0 Å². The summed E-state index contributed by atoms with van der Waals surface area (Å²) in [6.45, 7) is 0.246. The first-order valence-corrected chi connectivity index (χ1v) is 8.34. The van der Waals surface area contributed by atoms with E-state index in [1.54, 1.807) is 24.3 Å². The second-order valence-electron chi connectivity index (χ2n) is 4.26. The summed E-state index contributed by atoms with van der Waals surface area (Å²) in [5.41, 5.74) is 2.01. The van der Waals surface area contributed by atoms with Crippen molar-refractivity contribution in [3.8, 4) is 11.5 Å². The Morgan fingerprint density at radius 3 is 1.65 bits per heavy atom. The largest absolute Gasteiger partial charge is 1.00 e. The molecule has 0 aliphatic heterocycles. The molecule has 0 saturated heterocycles. The van der Waals surface area contributed by atoms with Gasteiger partial charge in [-0.15, -0.1) is 0 Å². The summed E-state index contributed by atoms with van der Waals surface area (Å²) >= 11 is 4.91. The van der Waals surface area contributed by atoms with Gasteiger partial charge in [-0.1, -0.05) is 24.3 Å². The van der Waals surface area contributed by atoms with Crippen LogP contribution in [0.1, 0.15) is 11.1 Å². The molecule has 0 heterocycles. The standard InChI is InChI=1S/C14H15O3PS.Na/c1-11-5-3-7-13(9-11)16-18(15,19)17-14-8-4-6-12(2)10-14;/h3-10H,1-2H3,(H,15,19);/q;+1/p-1. The summed E-state index contributed by atoms with van der Waals surface area (Å²) in [6, 6.07) is 14.4. The third-order valence-electron chi connectivity index (χ3n) is 2.41. The van der Waals surface area contributed by atoms with Crippen LogP contribution < -0.4 is 43.5 Å². The number of rotatable bonds is 4. The van der Waals surface area contributed by atoms with Crippen molar-refractivity contribution < 1.29 is 43.5 Å². The van der Waals surface area contributed by atoms with Crippen molar-refractivity contribution in [2.75, 3.05) is 0 Å². The second-order valence-corrected chi connectivity index (χ2v) is 6.86. The molecule has 6 heteroatoms. The predicted molar refractivity (Wildman–Crippen MR) is 77.9 cm³/mol. The first kappa shape index (κ1) is 17.7. The number of benzene rings is 2. The van der Waals surface area contributed by atoms with Crippen molar-refractivity contribution in [2.45, 2.75) is 13.8 Å². The predicted octanol–water partition coefficient (Wildman–Crippen LogP) is 0.350. The monoisotopic (exact) mass is 316 g/mol. The van der Waals surface area contributed by atoms with Gasteiger partial charge in [-0.2, -0.15) is 0 Å². The number of hydrogen-bond acceptors (Lipinski definition) is 4. The molecule has 0 fully saturated rings. The molecular weight excluding hydrogens is 302 g/mol. The smallest absolute Gasteiger partial charge is 0.760 e. The molecule has 0 unspecified atom stereocenters. The average molecular weight is 316 g/mol. The fourth-order valence-corrected chi connectivity index (χ4v) is 2.92. The number of hydrogen-bond donors (Lipinski definition) is 0. The first-order valence-electron chi connectivity index (χ1n) is 5.78. The van der Waals surface area contributed by atoms with Crippen LogP contribution in [0, 0.1) is 13.8 Å². The third kappa shape index (κ3) is 5.57. The van der Waals surface area contributed by atoms with Crippen LogP contribution in [-0.4, -0.2) is 0 Å². The van der Waals surface area contributed by atoms with Crippen molar-refractivity contribution in [3.05, 3.63) is 59.7 Å². The van der Waals surface area contributed by atoms with Gasteiger partial charge in [0.05, 0.1) is 0 Å². The van der Waals surface area contributed by atoms with E-state index in [1.165, 1.54) is 0 Å². The molecular formula is C14H14NaO3PS. The van der Waals surface area contributed by atoms with Crippen LogP contribution in [0.15, 0.2) is 48.5 Å². The van der Waals surface area contributed by atoms with E-state index in [0.29, 0.717) is 11.5 Å². The van der Waals surface area contributed by atoms with Gasteiger partial charge in [-0.25, -0.2) is 0 Å². The SMILES string of the molecule is Cc1cccc(OP([O-])(=S)Oc2cccc(C)c2)c1.[Na+]. The molecule has 2 aromatic rings. The molecule has 20 heavy (non-hydrogen) atoms. The molecule has 3 nitrogen and oxygen atoms in total. The molecule has 0 N–H and O–H groups in total. The van der Waals surface area contributed by atoms with E-state index in [9.17, 15) is 4.89 Å². The Labute approximate surface area is 146 Å². The summed E-state index contributed by atoms with van der Waals surface area (Å²) in [4.78, 5) is 12.1. The minimum absolute atomic E-state index is 0. The quantitative estimate of drug-likeness (QED) is 0.603. The van der Waals surface area contributed by atoms with Crippen LogP contribution in [0.5, 0.6) is 11.5 Å². The maximum Gasteiger partial charge on any atom is 1.00 e. The molecule has 100 valence electrons. The normalized spacial score (nSPS) is 10.6. The first-order chi connectivity index (χ1) is 8.94. The zero-order valence-corrected chi connectivity index (χ0v) is 15.4. The summed E-state index contributed by atoms with van der Waals surface area (Å²) in [6.07, 6.45) is 0. The molecule has 0 aromatic heterocycles. The van der Waals surface area contributed by atoms with Gasteiger partial charge in [0, 0.05) is 0 Å².